The average molecular weight is 439 g/mol. The highest BCUT2D eigenvalue weighted by atomic mass is 28.3. The first kappa shape index (κ1) is 25.1. The summed E-state index contributed by atoms with van der Waals surface area (Å²) in [7, 11) is -2.03. The highest BCUT2D eigenvalue weighted by Crippen LogP contribution is 2.42. The van der Waals surface area contributed by atoms with Gasteiger partial charge in [-0.15, -0.1) is 0 Å². The van der Waals surface area contributed by atoms with Gasteiger partial charge in [0.05, 0.1) is 13.6 Å². The van der Waals surface area contributed by atoms with Crippen molar-refractivity contribution in [2.45, 2.75) is 71.3 Å². The van der Waals surface area contributed by atoms with Crippen molar-refractivity contribution in [3.8, 4) is 0 Å². The molecule has 2 unspecified atom stereocenters. The van der Waals surface area contributed by atoms with Crippen molar-refractivity contribution < 1.29 is 14.3 Å². The summed E-state index contributed by atoms with van der Waals surface area (Å²) >= 11 is 0. The zero-order valence-electron chi connectivity index (χ0n) is 20.1. The molecule has 2 atom stereocenters. The Hall–Kier alpha value is -2.20. The van der Waals surface area contributed by atoms with E-state index in [4.69, 9.17) is 4.74 Å². The van der Waals surface area contributed by atoms with Gasteiger partial charge in [0.2, 0.25) is 0 Å². The van der Waals surface area contributed by atoms with Gasteiger partial charge in [-0.25, -0.2) is 0 Å². The molecule has 0 radical (unpaired) electrons. The Balaban J connectivity index is 2.45. The maximum absolute atomic E-state index is 13.6. The normalized spacial score (nSPS) is 14.0. The molecule has 3 nitrogen and oxygen atoms in total. The highest BCUT2D eigenvalue weighted by molar-refractivity contribution is 6.80. The van der Waals surface area contributed by atoms with Crippen LogP contribution < -0.4 is 0 Å². The van der Waals surface area contributed by atoms with E-state index in [2.05, 4.69) is 47.3 Å². The van der Waals surface area contributed by atoms with Gasteiger partial charge in [-0.2, -0.15) is 0 Å². The summed E-state index contributed by atoms with van der Waals surface area (Å²) in [5.41, 5.74) is 1.41. The Kier molecular flexibility index (Phi) is 8.81. The number of rotatable bonds is 10. The lowest BCUT2D eigenvalue weighted by Gasteiger charge is -2.36. The summed E-state index contributed by atoms with van der Waals surface area (Å²) in [5.74, 6) is 0.198. The SMILES string of the molecule is CC(C)C(OC(=O)C(C(CC(=O)c1ccccc1)c1ccccc1)[Si](C)(C)C)C(C)C. The molecule has 168 valence electrons. The number of carbonyl (C=O) groups is 2. The standard InChI is InChI=1S/C27H38O3Si/c1-19(2)25(20(3)4)30-27(29)26(31(5,6)7)23(21-14-10-8-11-15-21)18-24(28)22-16-12-9-13-17-22/h8-17,19-20,23,25-26H,18H2,1-7H3. The van der Waals surface area contributed by atoms with Crippen LogP contribution in [0.1, 0.15) is 56.0 Å². The molecule has 0 saturated carbocycles. The third-order valence-corrected chi connectivity index (χ3v) is 8.39. The summed E-state index contributed by atoms with van der Waals surface area (Å²) in [6.45, 7) is 15.0. The molecule has 0 N–H and O–H groups in total. The first-order chi connectivity index (χ1) is 14.5. The summed E-state index contributed by atoms with van der Waals surface area (Å²) in [4.78, 5) is 26.8. The van der Waals surface area contributed by atoms with E-state index in [0.29, 0.717) is 12.0 Å². The minimum absolute atomic E-state index is 0.0646. The topological polar surface area (TPSA) is 43.4 Å². The first-order valence-electron chi connectivity index (χ1n) is 11.4. The molecule has 2 aromatic rings. The summed E-state index contributed by atoms with van der Waals surface area (Å²) in [6, 6.07) is 19.4. The number of ether oxygens (including phenoxy) is 1. The number of carbonyl (C=O) groups excluding carboxylic acids is 2. The molecule has 0 saturated heterocycles. The second-order valence-corrected chi connectivity index (χ2v) is 15.6. The molecule has 0 fully saturated rings. The number of hydrogen-bond acceptors (Lipinski definition) is 3. The van der Waals surface area contributed by atoms with Crippen LogP contribution in [0.15, 0.2) is 60.7 Å². The van der Waals surface area contributed by atoms with Crippen molar-refractivity contribution in [3.63, 3.8) is 0 Å². The summed E-state index contributed by atoms with van der Waals surface area (Å²) < 4.78 is 6.14. The Morgan fingerprint density at radius 3 is 1.74 bits per heavy atom. The molecule has 4 heteroatoms. The van der Waals surface area contributed by atoms with Crippen LogP contribution in [0.25, 0.3) is 0 Å². The number of hydrogen-bond donors (Lipinski definition) is 0. The van der Waals surface area contributed by atoms with E-state index in [-0.39, 0.29) is 41.2 Å². The monoisotopic (exact) mass is 438 g/mol. The molecule has 2 rings (SSSR count). The van der Waals surface area contributed by atoms with Gasteiger partial charge in [0.25, 0.3) is 0 Å². The summed E-state index contributed by atoms with van der Waals surface area (Å²) in [5, 5.41) is 0. The highest BCUT2D eigenvalue weighted by Gasteiger charge is 2.43. The van der Waals surface area contributed by atoms with Crippen LogP contribution in [0.5, 0.6) is 0 Å². The van der Waals surface area contributed by atoms with Gasteiger partial charge >= 0.3 is 5.97 Å². The second-order valence-electron chi connectivity index (χ2n) is 10.2. The van der Waals surface area contributed by atoms with Crippen molar-refractivity contribution in [1.29, 1.82) is 0 Å². The van der Waals surface area contributed by atoms with Crippen LogP contribution in [0.2, 0.25) is 25.2 Å². The predicted octanol–water partition coefficient (Wildman–Crippen LogP) is 6.98. The third kappa shape index (κ3) is 6.89. The molecule has 0 aromatic heterocycles. The minimum Gasteiger partial charge on any atom is -0.462 e. The van der Waals surface area contributed by atoms with E-state index in [1.807, 2.05) is 60.7 Å². The molecule has 31 heavy (non-hydrogen) atoms. The summed E-state index contributed by atoms with van der Waals surface area (Å²) in [6.07, 6.45) is 0.166. The van der Waals surface area contributed by atoms with Crippen LogP contribution in [0.3, 0.4) is 0 Å². The number of Topliss-reactive ketones (excluding diaryl/α,β-unsaturated/α-hetero) is 1. The maximum atomic E-state index is 13.6. The molecular formula is C27H38O3Si. The van der Waals surface area contributed by atoms with Gasteiger partial charge in [-0.1, -0.05) is 108 Å². The van der Waals surface area contributed by atoms with Gasteiger partial charge in [0.15, 0.2) is 5.78 Å². The number of ketones is 1. The number of esters is 1. The fraction of sp³-hybridized carbons (Fsp3) is 0.481. The Morgan fingerprint density at radius 1 is 0.806 bits per heavy atom. The Labute approximate surface area is 189 Å². The van der Waals surface area contributed by atoms with Crippen molar-refractivity contribution in [2.75, 3.05) is 0 Å². The van der Waals surface area contributed by atoms with E-state index in [1.54, 1.807) is 0 Å². The molecular weight excluding hydrogens is 400 g/mol. The van der Waals surface area contributed by atoms with E-state index >= 15 is 0 Å². The van der Waals surface area contributed by atoms with Gasteiger partial charge in [0.1, 0.15) is 6.10 Å². The third-order valence-electron chi connectivity index (χ3n) is 5.88. The second kappa shape index (κ2) is 10.9. The van der Waals surface area contributed by atoms with Crippen LogP contribution >= 0.6 is 0 Å². The largest absolute Gasteiger partial charge is 0.462 e. The van der Waals surface area contributed by atoms with Crippen LogP contribution in [0.4, 0.5) is 0 Å². The number of benzene rings is 2. The maximum Gasteiger partial charge on any atom is 0.307 e. The molecule has 0 heterocycles. The Bertz CT molecular complexity index is 830. The average Bonchev–Trinajstić information content (AvgIpc) is 2.71. The lowest BCUT2D eigenvalue weighted by atomic mass is 9.88. The van der Waals surface area contributed by atoms with Crippen molar-refractivity contribution in [2.24, 2.45) is 11.8 Å². The zero-order valence-corrected chi connectivity index (χ0v) is 21.1. The van der Waals surface area contributed by atoms with Gasteiger partial charge in [-0.3, -0.25) is 9.59 Å². The van der Waals surface area contributed by atoms with Crippen LogP contribution in [0, 0.1) is 11.8 Å². The molecule has 0 amide bonds. The fourth-order valence-electron chi connectivity index (χ4n) is 4.44. The van der Waals surface area contributed by atoms with E-state index in [9.17, 15) is 9.59 Å². The van der Waals surface area contributed by atoms with Crippen molar-refractivity contribution in [3.05, 3.63) is 71.8 Å². The lowest BCUT2D eigenvalue weighted by Crippen LogP contribution is -2.42. The van der Waals surface area contributed by atoms with E-state index < -0.39 is 8.07 Å². The first-order valence-corrected chi connectivity index (χ1v) is 14.9. The van der Waals surface area contributed by atoms with Gasteiger partial charge < -0.3 is 4.74 Å². The van der Waals surface area contributed by atoms with Crippen LogP contribution in [-0.4, -0.2) is 25.9 Å². The smallest absolute Gasteiger partial charge is 0.307 e. The lowest BCUT2D eigenvalue weighted by molar-refractivity contribution is -0.154. The molecule has 2 aromatic carbocycles. The molecule has 0 aliphatic carbocycles. The molecule has 0 aliphatic heterocycles. The molecule has 0 bridgehead atoms. The van der Waals surface area contributed by atoms with E-state index in [0.717, 1.165) is 5.56 Å². The predicted molar refractivity (Wildman–Crippen MR) is 131 cm³/mol. The quantitative estimate of drug-likeness (QED) is 0.228. The minimum atomic E-state index is -2.03. The fourth-order valence-corrected chi connectivity index (χ4v) is 6.73. The molecule has 0 aliphatic rings. The van der Waals surface area contributed by atoms with Crippen molar-refractivity contribution >= 4 is 19.8 Å². The van der Waals surface area contributed by atoms with Gasteiger partial charge in [0, 0.05) is 17.9 Å². The van der Waals surface area contributed by atoms with E-state index in [1.165, 1.54) is 0 Å². The van der Waals surface area contributed by atoms with Gasteiger partial charge in [-0.05, 0) is 17.4 Å². The van der Waals surface area contributed by atoms with Crippen LogP contribution in [-0.2, 0) is 9.53 Å². The van der Waals surface area contributed by atoms with Crippen molar-refractivity contribution in [1.82, 2.24) is 0 Å². The Morgan fingerprint density at radius 2 is 1.29 bits per heavy atom. The molecule has 0 spiro atoms. The zero-order chi connectivity index (χ0) is 23.2.